The van der Waals surface area contributed by atoms with E-state index in [1.165, 1.54) is 24.3 Å². The van der Waals surface area contributed by atoms with E-state index in [0.29, 0.717) is 13.3 Å². The average Bonchev–Trinajstić information content (AvgIpc) is 2.44. The van der Waals surface area contributed by atoms with Crippen LogP contribution < -0.4 is 4.74 Å². The van der Waals surface area contributed by atoms with E-state index in [1.54, 1.807) is 13.8 Å². The van der Waals surface area contributed by atoms with Gasteiger partial charge in [-0.2, -0.15) is 0 Å². The molecule has 0 aliphatic carbocycles. The van der Waals surface area contributed by atoms with Crippen molar-refractivity contribution in [2.24, 2.45) is 5.41 Å². The summed E-state index contributed by atoms with van der Waals surface area (Å²) in [7, 11) is 0. The number of benzene rings is 1. The fourth-order valence-electron chi connectivity index (χ4n) is 1.32. The van der Waals surface area contributed by atoms with Crippen LogP contribution in [0.1, 0.15) is 44.5 Å². The lowest BCUT2D eigenvalue weighted by molar-refractivity contribution is -0.144. The minimum Gasteiger partial charge on any atom is -0.456 e. The number of ether oxygens (including phenoxy) is 2. The average molecular weight is 314 g/mol. The second-order valence-electron chi connectivity index (χ2n) is 5.80. The highest BCUT2D eigenvalue weighted by Crippen LogP contribution is 2.24. The maximum Gasteiger partial charge on any atom is 0.338 e. The van der Waals surface area contributed by atoms with Gasteiger partial charge in [0.05, 0.1) is 11.0 Å². The molecule has 0 saturated heterocycles. The van der Waals surface area contributed by atoms with E-state index < -0.39 is 23.9 Å². The molecule has 0 aliphatic heterocycles. The minimum atomic E-state index is -3.07. The van der Waals surface area contributed by atoms with E-state index in [1.807, 2.05) is 6.92 Å². The first-order valence-electron chi connectivity index (χ1n) is 6.92. The Morgan fingerprint density at radius 1 is 1.09 bits per heavy atom. The van der Waals surface area contributed by atoms with Gasteiger partial charge in [-0.1, -0.05) is 6.92 Å². The molecule has 0 atom stereocenters. The van der Waals surface area contributed by atoms with E-state index in [9.17, 15) is 18.4 Å². The fraction of sp³-hybridized carbons (Fsp3) is 0.500. The van der Waals surface area contributed by atoms with Gasteiger partial charge in [0.1, 0.15) is 5.75 Å². The molecule has 0 aliphatic rings. The van der Waals surface area contributed by atoms with Crippen molar-refractivity contribution in [3.05, 3.63) is 29.8 Å². The minimum absolute atomic E-state index is 0.110. The zero-order valence-corrected chi connectivity index (χ0v) is 13.1. The number of hydrogen-bond acceptors (Lipinski definition) is 4. The third-order valence-corrected chi connectivity index (χ3v) is 3.19. The summed E-state index contributed by atoms with van der Waals surface area (Å²) in [4.78, 5) is 23.5. The predicted molar refractivity (Wildman–Crippen MR) is 77.1 cm³/mol. The molecule has 0 aromatic heterocycles. The van der Waals surface area contributed by atoms with Crippen LogP contribution >= 0.6 is 0 Å². The van der Waals surface area contributed by atoms with E-state index in [4.69, 9.17) is 4.74 Å². The van der Waals surface area contributed by atoms with Crippen molar-refractivity contribution < 1.29 is 27.8 Å². The Morgan fingerprint density at radius 3 is 2.09 bits per heavy atom. The fourth-order valence-corrected chi connectivity index (χ4v) is 1.32. The third-order valence-electron chi connectivity index (χ3n) is 3.19. The van der Waals surface area contributed by atoms with Crippen LogP contribution in [0.25, 0.3) is 0 Å². The van der Waals surface area contributed by atoms with Gasteiger partial charge < -0.3 is 9.47 Å². The van der Waals surface area contributed by atoms with Crippen LogP contribution in [0.3, 0.4) is 0 Å². The Kier molecular flexibility index (Phi) is 5.63. The van der Waals surface area contributed by atoms with Gasteiger partial charge in [0, 0.05) is 6.92 Å². The summed E-state index contributed by atoms with van der Waals surface area (Å²) in [6, 6.07) is 5.56. The lowest BCUT2D eigenvalue weighted by Gasteiger charge is -2.20. The van der Waals surface area contributed by atoms with Crippen LogP contribution in [0.15, 0.2) is 24.3 Å². The molecule has 0 bridgehead atoms. The number of alkyl halides is 2. The number of halogens is 2. The molecule has 4 nitrogen and oxygen atoms in total. The largest absolute Gasteiger partial charge is 0.456 e. The van der Waals surface area contributed by atoms with Crippen LogP contribution in [0, 0.1) is 5.41 Å². The molecule has 22 heavy (non-hydrogen) atoms. The Balaban J connectivity index is 2.67. The van der Waals surface area contributed by atoms with Crippen LogP contribution in [-0.4, -0.2) is 24.5 Å². The molecule has 122 valence electrons. The Bertz CT molecular complexity index is 530. The number of carbonyl (C=O) groups is 2. The summed E-state index contributed by atoms with van der Waals surface area (Å²) in [6.45, 7) is 5.10. The number of hydrogen-bond donors (Lipinski definition) is 0. The highest BCUT2D eigenvalue weighted by atomic mass is 19.3. The molecule has 0 N–H and O–H groups in total. The lowest BCUT2D eigenvalue weighted by Crippen LogP contribution is -2.28. The normalized spacial score (nSPS) is 11.9. The number of rotatable bonds is 6. The molecule has 1 aromatic rings. The smallest absolute Gasteiger partial charge is 0.338 e. The van der Waals surface area contributed by atoms with Crippen molar-refractivity contribution in [1.29, 1.82) is 0 Å². The van der Waals surface area contributed by atoms with Crippen molar-refractivity contribution in [2.75, 3.05) is 6.61 Å². The van der Waals surface area contributed by atoms with Gasteiger partial charge >= 0.3 is 11.9 Å². The van der Waals surface area contributed by atoms with Crippen LogP contribution in [0.4, 0.5) is 8.78 Å². The van der Waals surface area contributed by atoms with E-state index in [-0.39, 0.29) is 17.3 Å². The molecule has 0 heterocycles. The summed E-state index contributed by atoms with van der Waals surface area (Å²) in [5, 5.41) is 0. The van der Waals surface area contributed by atoms with E-state index in [0.717, 1.165) is 0 Å². The van der Waals surface area contributed by atoms with Gasteiger partial charge in [0.15, 0.2) is 6.61 Å². The molecule has 0 fully saturated rings. The van der Waals surface area contributed by atoms with Gasteiger partial charge in [-0.15, -0.1) is 0 Å². The Morgan fingerprint density at radius 2 is 1.64 bits per heavy atom. The van der Waals surface area contributed by atoms with Crippen molar-refractivity contribution in [1.82, 2.24) is 0 Å². The molecule has 0 radical (unpaired) electrons. The summed E-state index contributed by atoms with van der Waals surface area (Å²) in [5.41, 5.74) is -0.497. The molecule has 0 saturated carbocycles. The molecule has 1 aromatic carbocycles. The first kappa shape index (κ1) is 18.1. The summed E-state index contributed by atoms with van der Waals surface area (Å²) >= 11 is 0. The molecular formula is C16H20F2O4. The summed E-state index contributed by atoms with van der Waals surface area (Å²) in [5.74, 6) is -4.02. The summed E-state index contributed by atoms with van der Waals surface area (Å²) < 4.78 is 34.9. The first-order chi connectivity index (χ1) is 10.0. The second kappa shape index (κ2) is 6.85. The maximum absolute atomic E-state index is 12.6. The standard InChI is InChI=1S/C16H20F2O4/c1-5-15(2,3)14(20)22-12-8-6-11(7-9-12)13(19)21-10-16(4,17)18/h6-9H,5,10H2,1-4H3. The topological polar surface area (TPSA) is 52.6 Å². The molecule has 1 rings (SSSR count). The van der Waals surface area contributed by atoms with Gasteiger partial charge in [-0.3, -0.25) is 4.79 Å². The monoisotopic (exact) mass is 314 g/mol. The SMILES string of the molecule is CCC(C)(C)C(=O)Oc1ccc(C(=O)OCC(C)(F)F)cc1. The predicted octanol–water partition coefficient (Wildman–Crippen LogP) is 3.84. The van der Waals surface area contributed by atoms with Crippen molar-refractivity contribution >= 4 is 11.9 Å². The maximum atomic E-state index is 12.6. The van der Waals surface area contributed by atoms with Crippen molar-refractivity contribution in [3.63, 3.8) is 0 Å². The molecule has 0 unspecified atom stereocenters. The molecular weight excluding hydrogens is 294 g/mol. The highest BCUT2D eigenvalue weighted by Gasteiger charge is 2.28. The Hall–Kier alpha value is -1.98. The second-order valence-corrected chi connectivity index (χ2v) is 5.80. The van der Waals surface area contributed by atoms with E-state index in [2.05, 4.69) is 4.74 Å². The van der Waals surface area contributed by atoms with Crippen molar-refractivity contribution in [3.8, 4) is 5.75 Å². The van der Waals surface area contributed by atoms with Crippen LogP contribution in [-0.2, 0) is 9.53 Å². The molecule has 0 amide bonds. The zero-order chi connectivity index (χ0) is 17.0. The van der Waals surface area contributed by atoms with E-state index >= 15 is 0 Å². The number of carbonyl (C=O) groups excluding carboxylic acids is 2. The molecule has 6 heteroatoms. The number of esters is 2. The quantitative estimate of drug-likeness (QED) is 0.591. The van der Waals surface area contributed by atoms with Gasteiger partial charge in [-0.05, 0) is 44.5 Å². The van der Waals surface area contributed by atoms with Crippen molar-refractivity contribution in [2.45, 2.75) is 40.0 Å². The third kappa shape index (κ3) is 5.42. The van der Waals surface area contributed by atoms with Crippen LogP contribution in [0.5, 0.6) is 5.75 Å². The summed E-state index contributed by atoms with van der Waals surface area (Å²) in [6.07, 6.45) is 0.626. The lowest BCUT2D eigenvalue weighted by atomic mass is 9.91. The van der Waals surface area contributed by atoms with Gasteiger partial charge in [0.25, 0.3) is 5.92 Å². The zero-order valence-electron chi connectivity index (χ0n) is 13.1. The highest BCUT2D eigenvalue weighted by molar-refractivity contribution is 5.89. The molecule has 0 spiro atoms. The van der Waals surface area contributed by atoms with Gasteiger partial charge in [0.2, 0.25) is 0 Å². The Labute approximate surface area is 128 Å². The first-order valence-corrected chi connectivity index (χ1v) is 6.92. The van der Waals surface area contributed by atoms with Crippen LogP contribution in [0.2, 0.25) is 0 Å². The van der Waals surface area contributed by atoms with Gasteiger partial charge in [-0.25, -0.2) is 13.6 Å².